The first-order chi connectivity index (χ1) is 5.81. The van der Waals surface area contributed by atoms with Gasteiger partial charge in [0, 0.05) is 0 Å². The van der Waals surface area contributed by atoms with Gasteiger partial charge in [-0.05, 0) is 19.1 Å². The van der Waals surface area contributed by atoms with E-state index in [1.54, 1.807) is 10.7 Å². The van der Waals surface area contributed by atoms with Gasteiger partial charge in [0.15, 0.2) is 11.5 Å². The van der Waals surface area contributed by atoms with Gasteiger partial charge in [-0.3, -0.25) is 0 Å². The Kier molecular flexibility index (Phi) is 1.65. The molecule has 2 heterocycles. The molecule has 0 unspecified atom stereocenters. The maximum absolute atomic E-state index is 4.25. The summed E-state index contributed by atoms with van der Waals surface area (Å²) in [5, 5.41) is 4.25. The van der Waals surface area contributed by atoms with Crippen molar-refractivity contribution < 1.29 is 0 Å². The predicted octanol–water partition coefficient (Wildman–Crippen LogP) is 1.29. The highest BCUT2D eigenvalue weighted by molar-refractivity contribution is 7.81. The fourth-order valence-electron chi connectivity index (χ4n) is 1.04. The lowest BCUT2D eigenvalue weighted by atomic mass is 10.4. The SMILES string of the molecule is Cc1ccc2ncc(NS)n2n1. The zero-order chi connectivity index (χ0) is 8.55. The van der Waals surface area contributed by atoms with Gasteiger partial charge in [0.2, 0.25) is 0 Å². The van der Waals surface area contributed by atoms with Crippen molar-refractivity contribution in [1.29, 1.82) is 0 Å². The highest BCUT2D eigenvalue weighted by Crippen LogP contribution is 2.10. The third-order valence-corrected chi connectivity index (χ3v) is 1.84. The molecule has 0 bridgehead atoms. The second-order valence-corrected chi connectivity index (χ2v) is 2.72. The van der Waals surface area contributed by atoms with Crippen LogP contribution in [0.15, 0.2) is 18.3 Å². The molecule has 1 N–H and O–H groups in total. The fraction of sp³-hybridized carbons (Fsp3) is 0.143. The highest BCUT2D eigenvalue weighted by atomic mass is 32.1. The number of hydrogen-bond donors (Lipinski definition) is 2. The number of anilines is 1. The Bertz CT molecular complexity index is 409. The van der Waals surface area contributed by atoms with E-state index < -0.39 is 0 Å². The van der Waals surface area contributed by atoms with Crippen molar-refractivity contribution in [3.63, 3.8) is 0 Å². The maximum Gasteiger partial charge on any atom is 0.158 e. The van der Waals surface area contributed by atoms with E-state index >= 15 is 0 Å². The van der Waals surface area contributed by atoms with Crippen LogP contribution in [-0.2, 0) is 0 Å². The van der Waals surface area contributed by atoms with Crippen LogP contribution in [0.25, 0.3) is 5.65 Å². The molecule has 0 fully saturated rings. The Balaban J connectivity index is 2.75. The van der Waals surface area contributed by atoms with Gasteiger partial charge in [0.25, 0.3) is 0 Å². The van der Waals surface area contributed by atoms with Crippen molar-refractivity contribution >= 4 is 24.3 Å². The van der Waals surface area contributed by atoms with E-state index in [9.17, 15) is 0 Å². The molecule has 0 atom stereocenters. The number of aryl methyl sites for hydroxylation is 1. The molecule has 0 spiro atoms. The van der Waals surface area contributed by atoms with E-state index in [2.05, 4.69) is 27.6 Å². The average Bonchev–Trinajstić information content (AvgIpc) is 2.46. The minimum Gasteiger partial charge on any atom is -0.316 e. The van der Waals surface area contributed by atoms with Crippen LogP contribution in [0.5, 0.6) is 0 Å². The third-order valence-electron chi connectivity index (χ3n) is 1.61. The molecule has 0 saturated heterocycles. The lowest BCUT2D eigenvalue weighted by Crippen LogP contribution is -1.96. The molecule has 0 aliphatic heterocycles. The molecule has 62 valence electrons. The molecular weight excluding hydrogens is 172 g/mol. The van der Waals surface area contributed by atoms with E-state index in [1.807, 2.05) is 19.1 Å². The van der Waals surface area contributed by atoms with Crippen molar-refractivity contribution in [1.82, 2.24) is 14.6 Å². The second-order valence-electron chi connectivity index (χ2n) is 2.50. The highest BCUT2D eigenvalue weighted by Gasteiger charge is 2.01. The van der Waals surface area contributed by atoms with Crippen LogP contribution in [0, 0.1) is 6.92 Å². The molecule has 4 nitrogen and oxygen atoms in total. The quantitative estimate of drug-likeness (QED) is 0.650. The third kappa shape index (κ3) is 1.02. The summed E-state index contributed by atoms with van der Waals surface area (Å²) in [6.07, 6.45) is 1.69. The van der Waals surface area contributed by atoms with E-state index in [-0.39, 0.29) is 0 Å². The summed E-state index contributed by atoms with van der Waals surface area (Å²) < 4.78 is 4.42. The van der Waals surface area contributed by atoms with Crippen molar-refractivity contribution in [2.75, 3.05) is 4.72 Å². The van der Waals surface area contributed by atoms with Gasteiger partial charge in [0.1, 0.15) is 0 Å². The number of fused-ring (bicyclic) bond motifs is 1. The number of imidazole rings is 1. The lowest BCUT2D eigenvalue weighted by molar-refractivity contribution is 0.910. The number of thiol groups is 1. The zero-order valence-corrected chi connectivity index (χ0v) is 7.42. The first kappa shape index (κ1) is 7.42. The Labute approximate surface area is 75.2 Å². The first-order valence-electron chi connectivity index (χ1n) is 3.53. The first-order valence-corrected chi connectivity index (χ1v) is 3.97. The van der Waals surface area contributed by atoms with Crippen LogP contribution in [0.3, 0.4) is 0 Å². The minimum absolute atomic E-state index is 0.775. The Morgan fingerprint density at radius 1 is 1.50 bits per heavy atom. The van der Waals surface area contributed by atoms with Gasteiger partial charge in [-0.25, -0.2) is 4.98 Å². The van der Waals surface area contributed by atoms with Crippen LogP contribution < -0.4 is 4.72 Å². The Hall–Kier alpha value is -1.23. The molecule has 5 heteroatoms. The predicted molar refractivity (Wildman–Crippen MR) is 50.3 cm³/mol. The van der Waals surface area contributed by atoms with Crippen molar-refractivity contribution in [3.8, 4) is 0 Å². The molecule has 12 heavy (non-hydrogen) atoms. The van der Waals surface area contributed by atoms with Gasteiger partial charge < -0.3 is 4.72 Å². The monoisotopic (exact) mass is 180 g/mol. The number of rotatable bonds is 1. The van der Waals surface area contributed by atoms with Crippen LogP contribution in [0.2, 0.25) is 0 Å². The largest absolute Gasteiger partial charge is 0.316 e. The van der Waals surface area contributed by atoms with Crippen molar-refractivity contribution in [2.45, 2.75) is 6.92 Å². The summed E-state index contributed by atoms with van der Waals surface area (Å²) in [4.78, 5) is 4.12. The topological polar surface area (TPSA) is 42.2 Å². The molecule has 2 aromatic heterocycles. The standard InChI is InChI=1S/C7H8N4S/c1-5-2-3-6-8-4-7(10-12)11(6)9-5/h2-4,10,12H,1H3. The average molecular weight is 180 g/mol. The summed E-state index contributed by atoms with van der Waals surface area (Å²) in [6, 6.07) is 3.83. The van der Waals surface area contributed by atoms with E-state index in [0.717, 1.165) is 17.2 Å². The van der Waals surface area contributed by atoms with Gasteiger partial charge in [-0.1, -0.05) is 12.8 Å². The molecule has 0 aromatic carbocycles. The Morgan fingerprint density at radius 3 is 3.08 bits per heavy atom. The van der Waals surface area contributed by atoms with Crippen molar-refractivity contribution in [2.24, 2.45) is 0 Å². The molecule has 0 amide bonds. The van der Waals surface area contributed by atoms with Gasteiger partial charge in [0.05, 0.1) is 11.9 Å². The summed E-state index contributed by atoms with van der Waals surface area (Å²) in [5.41, 5.74) is 1.77. The van der Waals surface area contributed by atoms with Crippen LogP contribution in [0.4, 0.5) is 5.82 Å². The summed E-state index contributed by atoms with van der Waals surface area (Å²) >= 11 is 3.94. The van der Waals surface area contributed by atoms with Gasteiger partial charge in [-0.15, -0.1) is 0 Å². The second kappa shape index (κ2) is 2.67. The molecule has 0 aliphatic rings. The molecule has 0 radical (unpaired) electrons. The minimum atomic E-state index is 0.775. The van der Waals surface area contributed by atoms with Crippen LogP contribution >= 0.6 is 12.8 Å². The molecule has 0 saturated carbocycles. The number of nitrogens with zero attached hydrogens (tertiary/aromatic N) is 3. The fourth-order valence-corrected chi connectivity index (χ4v) is 1.19. The lowest BCUT2D eigenvalue weighted by Gasteiger charge is -1.98. The Morgan fingerprint density at radius 2 is 2.33 bits per heavy atom. The summed E-state index contributed by atoms with van der Waals surface area (Å²) in [7, 11) is 0. The number of hydrogen-bond acceptors (Lipinski definition) is 4. The van der Waals surface area contributed by atoms with Crippen LogP contribution in [0.1, 0.15) is 5.69 Å². The van der Waals surface area contributed by atoms with Crippen molar-refractivity contribution in [3.05, 3.63) is 24.0 Å². The van der Waals surface area contributed by atoms with E-state index in [1.165, 1.54) is 0 Å². The van der Waals surface area contributed by atoms with E-state index in [4.69, 9.17) is 0 Å². The summed E-state index contributed by atoms with van der Waals surface area (Å²) in [6.45, 7) is 1.93. The van der Waals surface area contributed by atoms with Gasteiger partial charge >= 0.3 is 0 Å². The van der Waals surface area contributed by atoms with Gasteiger partial charge in [-0.2, -0.15) is 9.61 Å². The molecule has 2 aromatic rings. The summed E-state index contributed by atoms with van der Waals surface area (Å²) in [5.74, 6) is 0.775. The number of nitrogens with one attached hydrogen (secondary N) is 1. The molecule has 0 aliphatic carbocycles. The number of aromatic nitrogens is 3. The smallest absolute Gasteiger partial charge is 0.158 e. The zero-order valence-electron chi connectivity index (χ0n) is 6.52. The maximum atomic E-state index is 4.25. The van der Waals surface area contributed by atoms with E-state index in [0.29, 0.717) is 0 Å². The van der Waals surface area contributed by atoms with Crippen LogP contribution in [-0.4, -0.2) is 14.6 Å². The molecular formula is C7H8N4S. The normalized spacial score (nSPS) is 10.5. The molecule has 2 rings (SSSR count).